The summed E-state index contributed by atoms with van der Waals surface area (Å²) < 4.78 is -0.137. The molecule has 0 bridgehead atoms. The van der Waals surface area contributed by atoms with Crippen LogP contribution in [0.15, 0.2) is 0 Å². The van der Waals surface area contributed by atoms with E-state index in [4.69, 9.17) is 0 Å². The monoisotopic (exact) mass is 358 g/mol. The van der Waals surface area contributed by atoms with Crippen LogP contribution in [-0.2, 0) is 9.59 Å². The highest BCUT2D eigenvalue weighted by molar-refractivity contribution is 6.02. The van der Waals surface area contributed by atoms with E-state index >= 15 is 0 Å². The molecule has 0 aliphatic heterocycles. The molecule has 0 spiro atoms. The summed E-state index contributed by atoms with van der Waals surface area (Å²) in [5.74, 6) is -2.51. The smallest absolute Gasteiger partial charge is 0.378 e. The van der Waals surface area contributed by atoms with Gasteiger partial charge >= 0.3 is 11.9 Å². The zero-order valence-electron chi connectivity index (χ0n) is 17.2. The number of rotatable bonds is 14. The molecule has 0 rings (SSSR count). The average Bonchev–Trinajstić information content (AvgIpc) is 2.43. The molecule has 0 unspecified atom stereocenters. The molecule has 0 aliphatic carbocycles. The molecule has 0 aromatic rings. The maximum Gasteiger partial charge on any atom is 0.378 e. The van der Waals surface area contributed by atoms with Crippen LogP contribution in [0.5, 0.6) is 0 Å². The first-order valence-corrected chi connectivity index (χ1v) is 9.73. The van der Waals surface area contributed by atoms with Gasteiger partial charge in [-0.1, -0.05) is 78.6 Å². The zero-order chi connectivity index (χ0) is 19.7. The van der Waals surface area contributed by atoms with Crippen LogP contribution in [0.3, 0.4) is 0 Å². The van der Waals surface area contributed by atoms with E-state index < -0.39 is 22.9 Å². The molecule has 0 aromatic heterocycles. The fourth-order valence-electron chi connectivity index (χ4n) is 4.21. The van der Waals surface area contributed by atoms with Crippen LogP contribution < -0.4 is 0 Å². The van der Waals surface area contributed by atoms with Crippen LogP contribution in [0.4, 0.5) is 0 Å². The first-order valence-electron chi connectivity index (χ1n) is 9.73. The highest BCUT2D eigenvalue weighted by Crippen LogP contribution is 2.43. The van der Waals surface area contributed by atoms with Crippen molar-refractivity contribution >= 4 is 11.9 Å². The molecule has 0 saturated carbocycles. The zero-order valence-corrected chi connectivity index (χ0v) is 17.2. The third-order valence-corrected chi connectivity index (χ3v) is 5.51. The predicted molar refractivity (Wildman–Crippen MR) is 102 cm³/mol. The standard InChI is InChI=1S/C20H39NO4/c1-7-8-9-10-11-12-13-14-15-16-19(2,3)20(17(22)23,18(24)25)21(4,5)6/h7-16H2,1-6H3,(H-,22,23,24,25)/p+1. The van der Waals surface area contributed by atoms with Crippen molar-refractivity contribution in [2.45, 2.75) is 90.5 Å². The van der Waals surface area contributed by atoms with Gasteiger partial charge in [0, 0.05) is 5.41 Å². The van der Waals surface area contributed by atoms with Gasteiger partial charge in [-0.15, -0.1) is 0 Å². The summed E-state index contributed by atoms with van der Waals surface area (Å²) in [6, 6.07) is 0. The van der Waals surface area contributed by atoms with E-state index in [1.165, 1.54) is 38.5 Å². The van der Waals surface area contributed by atoms with Gasteiger partial charge in [0.2, 0.25) is 0 Å². The third kappa shape index (κ3) is 5.98. The van der Waals surface area contributed by atoms with Crippen molar-refractivity contribution in [3.63, 3.8) is 0 Å². The summed E-state index contributed by atoms with van der Waals surface area (Å²) in [6.45, 7) is 5.78. The van der Waals surface area contributed by atoms with Gasteiger partial charge in [0.15, 0.2) is 0 Å². The van der Waals surface area contributed by atoms with Gasteiger partial charge in [0.25, 0.3) is 5.54 Å². The lowest BCUT2D eigenvalue weighted by atomic mass is 9.67. The van der Waals surface area contributed by atoms with Gasteiger partial charge in [-0.2, -0.15) is 0 Å². The number of likely N-dealkylation sites (N-methyl/N-ethyl adjacent to an activating group) is 1. The van der Waals surface area contributed by atoms with Gasteiger partial charge in [0.05, 0.1) is 21.1 Å². The molecule has 5 nitrogen and oxygen atoms in total. The van der Waals surface area contributed by atoms with Gasteiger partial charge < -0.3 is 14.7 Å². The number of hydrogen-bond donors (Lipinski definition) is 2. The molecule has 0 fully saturated rings. The van der Waals surface area contributed by atoms with Crippen molar-refractivity contribution in [1.82, 2.24) is 0 Å². The van der Waals surface area contributed by atoms with Crippen molar-refractivity contribution in [3.8, 4) is 0 Å². The normalized spacial score (nSPS) is 13.0. The number of hydrogen-bond acceptors (Lipinski definition) is 2. The quantitative estimate of drug-likeness (QED) is 0.271. The predicted octanol–water partition coefficient (Wildman–Crippen LogP) is 4.55. The molecule has 0 atom stereocenters. The Bertz CT molecular complexity index is 410. The maximum absolute atomic E-state index is 12.0. The van der Waals surface area contributed by atoms with E-state index in [0.29, 0.717) is 6.42 Å². The Morgan fingerprint density at radius 3 is 1.44 bits per heavy atom. The Labute approximate surface area is 154 Å². The van der Waals surface area contributed by atoms with Crippen LogP contribution in [0.25, 0.3) is 0 Å². The average molecular weight is 359 g/mol. The number of carboxylic acid groups (broad SMARTS) is 2. The summed E-state index contributed by atoms with van der Waals surface area (Å²) in [4.78, 5) is 24.0. The van der Waals surface area contributed by atoms with Crippen LogP contribution in [-0.4, -0.2) is 53.3 Å². The molecule has 2 N–H and O–H groups in total. The molecule has 0 aliphatic rings. The molecular formula is C20H40NO4+. The first-order chi connectivity index (χ1) is 11.4. The Balaban J connectivity index is 4.66. The Morgan fingerprint density at radius 2 is 1.12 bits per heavy atom. The minimum absolute atomic E-state index is 0.137. The second-order valence-corrected chi connectivity index (χ2v) is 8.80. The molecule has 148 valence electrons. The fourth-order valence-corrected chi connectivity index (χ4v) is 4.21. The molecule has 0 radical (unpaired) electrons. The summed E-state index contributed by atoms with van der Waals surface area (Å²) in [7, 11) is 4.96. The topological polar surface area (TPSA) is 74.6 Å². The van der Waals surface area contributed by atoms with Gasteiger partial charge in [-0.25, -0.2) is 9.59 Å². The minimum Gasteiger partial charge on any atom is -0.476 e. The SMILES string of the molecule is CCCCCCCCCCCC(C)(C)C(C(=O)O)(C(=O)O)[N+](C)(C)C. The Hall–Kier alpha value is -1.10. The van der Waals surface area contributed by atoms with E-state index in [1.807, 2.05) is 0 Å². The summed E-state index contributed by atoms with van der Waals surface area (Å²) >= 11 is 0. The number of carbonyl (C=O) groups is 2. The second kappa shape index (κ2) is 10.1. The fraction of sp³-hybridized carbons (Fsp3) is 0.900. The lowest BCUT2D eigenvalue weighted by molar-refractivity contribution is -0.912. The van der Waals surface area contributed by atoms with Crippen molar-refractivity contribution in [1.29, 1.82) is 0 Å². The molecule has 25 heavy (non-hydrogen) atoms. The third-order valence-electron chi connectivity index (χ3n) is 5.51. The van der Waals surface area contributed by atoms with Crippen molar-refractivity contribution in [3.05, 3.63) is 0 Å². The van der Waals surface area contributed by atoms with Crippen molar-refractivity contribution < 1.29 is 24.3 Å². The number of aliphatic carboxylic acids is 2. The second-order valence-electron chi connectivity index (χ2n) is 8.80. The summed E-state index contributed by atoms with van der Waals surface area (Å²) in [6.07, 6.45) is 11.3. The van der Waals surface area contributed by atoms with Crippen molar-refractivity contribution in [2.24, 2.45) is 5.41 Å². The highest BCUT2D eigenvalue weighted by atomic mass is 16.4. The molecule has 0 heterocycles. The van der Waals surface area contributed by atoms with E-state index in [2.05, 4.69) is 6.92 Å². The van der Waals surface area contributed by atoms with Crippen LogP contribution >= 0.6 is 0 Å². The molecule has 0 saturated heterocycles. The number of quaternary nitrogens is 1. The van der Waals surface area contributed by atoms with E-state index in [1.54, 1.807) is 35.0 Å². The number of carboxylic acids is 2. The Kier molecular flexibility index (Phi) is 9.70. The van der Waals surface area contributed by atoms with Crippen LogP contribution in [0.1, 0.15) is 85.0 Å². The molecule has 0 amide bonds. The van der Waals surface area contributed by atoms with Crippen LogP contribution in [0, 0.1) is 5.41 Å². The number of unbranched alkanes of at least 4 members (excludes halogenated alkanes) is 8. The summed E-state index contributed by atoms with van der Waals surface area (Å²) in [5.41, 5.74) is -2.70. The van der Waals surface area contributed by atoms with E-state index in [-0.39, 0.29) is 4.48 Å². The minimum atomic E-state index is -1.85. The molecule has 0 aromatic carbocycles. The Morgan fingerprint density at radius 1 is 0.760 bits per heavy atom. The first kappa shape index (κ1) is 23.9. The van der Waals surface area contributed by atoms with E-state index in [0.717, 1.165) is 19.3 Å². The van der Waals surface area contributed by atoms with Gasteiger partial charge in [0.1, 0.15) is 0 Å². The van der Waals surface area contributed by atoms with Crippen LogP contribution in [0.2, 0.25) is 0 Å². The maximum atomic E-state index is 12.0. The summed E-state index contributed by atoms with van der Waals surface area (Å²) in [5, 5.41) is 19.6. The van der Waals surface area contributed by atoms with Crippen molar-refractivity contribution in [2.75, 3.05) is 21.1 Å². The highest BCUT2D eigenvalue weighted by Gasteiger charge is 2.67. The molecular weight excluding hydrogens is 318 g/mol. The van der Waals surface area contributed by atoms with Gasteiger partial charge in [-0.05, 0) is 6.42 Å². The molecule has 5 heteroatoms. The largest absolute Gasteiger partial charge is 0.476 e. The van der Waals surface area contributed by atoms with E-state index in [9.17, 15) is 19.8 Å². The lowest BCUT2D eigenvalue weighted by Gasteiger charge is -2.48. The van der Waals surface area contributed by atoms with Gasteiger partial charge in [-0.3, -0.25) is 0 Å². The number of nitrogens with zero attached hydrogens (tertiary/aromatic N) is 1. The lowest BCUT2D eigenvalue weighted by Crippen LogP contribution is -2.73.